The molecule has 1 rings (SSSR count). The van der Waals surface area contributed by atoms with E-state index >= 15 is 0 Å². The molecule has 0 spiro atoms. The zero-order chi connectivity index (χ0) is 5.66. The predicted octanol–water partition coefficient (Wildman–Crippen LogP) is 0.949. The van der Waals surface area contributed by atoms with Crippen molar-refractivity contribution in [1.82, 2.24) is 0 Å². The fraction of sp³-hybridized carbons (Fsp3) is 1.00. The second-order valence-corrected chi connectivity index (χ2v) is 19.1. The van der Waals surface area contributed by atoms with E-state index in [1.54, 1.807) is 29.9 Å². The second-order valence-electron chi connectivity index (χ2n) is 1.77. The maximum atomic E-state index is 1.61. The van der Waals surface area contributed by atoms with Gasteiger partial charge in [-0.1, -0.05) is 0 Å². The van der Waals surface area contributed by atoms with Gasteiger partial charge in [-0.2, -0.15) is 0 Å². The first-order chi connectivity index (χ1) is 4.00. The van der Waals surface area contributed by atoms with Gasteiger partial charge in [-0.05, 0) is 0 Å². The fourth-order valence-electron chi connectivity index (χ4n) is 0.601. The Balaban J connectivity index is 2.00. The van der Waals surface area contributed by atoms with E-state index in [1.165, 1.54) is 0 Å². The van der Waals surface area contributed by atoms with Crippen molar-refractivity contribution < 1.29 is 0 Å². The number of hydrogen-bond acceptors (Lipinski definition) is 0. The van der Waals surface area contributed by atoms with Crippen LogP contribution in [0.2, 0.25) is 10.6 Å². The maximum absolute atomic E-state index is 1.61. The van der Waals surface area contributed by atoms with Gasteiger partial charge in [0.1, 0.15) is 0 Å². The molecule has 0 nitrogen and oxygen atoms in total. The van der Waals surface area contributed by atoms with E-state index in [-0.39, 0.29) is 0 Å². The summed E-state index contributed by atoms with van der Waals surface area (Å²) in [5.74, 6) is 0. The van der Waals surface area contributed by atoms with Crippen molar-refractivity contribution in [1.29, 1.82) is 0 Å². The monoisotopic (exact) mass is 310 g/mol. The summed E-state index contributed by atoms with van der Waals surface area (Å²) < 4.78 is 0. The first-order valence-corrected chi connectivity index (χ1v) is 14.0. The van der Waals surface area contributed by atoms with Crippen molar-refractivity contribution in [2.24, 2.45) is 0 Å². The van der Waals surface area contributed by atoms with Crippen LogP contribution in [0.4, 0.5) is 0 Å². The molecule has 1 saturated heterocycles. The molecule has 0 aromatic heterocycles. The van der Waals surface area contributed by atoms with Crippen LogP contribution < -0.4 is 0 Å². The molecule has 1 aliphatic heterocycles. The van der Waals surface area contributed by atoms with Crippen LogP contribution in [0.1, 0.15) is 19.3 Å². The minimum atomic E-state index is 1.12. The van der Waals surface area contributed by atoms with Crippen LogP contribution >= 0.6 is 0 Å². The predicted molar refractivity (Wildman–Crippen MR) is 40.7 cm³/mol. The molecule has 0 aromatic carbocycles. The Morgan fingerprint density at radius 3 is 2.00 bits per heavy atom. The third kappa shape index (κ3) is 3.56. The molecule has 3 heteroatoms. The Morgan fingerprint density at radius 2 is 1.38 bits per heavy atom. The van der Waals surface area contributed by atoms with Gasteiger partial charge in [-0.25, -0.2) is 0 Å². The van der Waals surface area contributed by atoms with Gasteiger partial charge in [0.25, 0.3) is 0 Å². The molecule has 8 heavy (non-hydrogen) atoms. The molecule has 0 radical (unpaired) electrons. The molecule has 0 N–H and O–H groups in total. The summed E-state index contributed by atoms with van der Waals surface area (Å²) >= 11 is 3.39. The van der Waals surface area contributed by atoms with Crippen LogP contribution in [0.25, 0.3) is 0 Å². The number of hydrogen-bond donors (Lipinski definition) is 0. The normalized spacial score (nSPS) is 24.0. The Kier molecular flexibility index (Phi) is 5.13. The molecule has 48 valence electrons. The van der Waals surface area contributed by atoms with E-state index in [1.807, 2.05) is 0 Å². The standard InChI is InChI=1S/C5H10Se3/c1-2-4-6-8-7-5-3-1/h1-5H2. The van der Waals surface area contributed by atoms with Gasteiger partial charge in [0.05, 0.1) is 0 Å². The molecule has 0 aromatic rings. The molecule has 1 heterocycles. The fourth-order valence-corrected chi connectivity index (χ4v) is 18.7. The van der Waals surface area contributed by atoms with Crippen LogP contribution in [-0.4, -0.2) is 37.6 Å². The molecule has 1 fully saturated rings. The van der Waals surface area contributed by atoms with Crippen LogP contribution in [0.5, 0.6) is 0 Å². The SMILES string of the molecule is C1CC[Se][Se][Se]CC1. The van der Waals surface area contributed by atoms with E-state index < -0.39 is 0 Å². The first-order valence-electron chi connectivity index (χ1n) is 2.91. The van der Waals surface area contributed by atoms with Crippen molar-refractivity contribution in [2.75, 3.05) is 0 Å². The zero-order valence-corrected chi connectivity index (χ0v) is 9.90. The molecule has 0 saturated carbocycles. The van der Waals surface area contributed by atoms with Gasteiger partial charge in [-0.15, -0.1) is 0 Å². The van der Waals surface area contributed by atoms with E-state index in [0.29, 0.717) is 0 Å². The molecular formula is C5H10Se3. The van der Waals surface area contributed by atoms with Crippen molar-refractivity contribution in [3.05, 3.63) is 0 Å². The van der Waals surface area contributed by atoms with E-state index in [2.05, 4.69) is 0 Å². The Labute approximate surface area is 67.1 Å². The molecule has 0 atom stereocenters. The second kappa shape index (κ2) is 5.35. The van der Waals surface area contributed by atoms with Crippen LogP contribution in [0.15, 0.2) is 0 Å². The zero-order valence-electron chi connectivity index (χ0n) is 4.76. The first kappa shape index (κ1) is 7.66. The topological polar surface area (TPSA) is 0 Å². The average Bonchev–Trinajstić information content (AvgIpc) is 1.62. The van der Waals surface area contributed by atoms with Crippen molar-refractivity contribution in [2.45, 2.75) is 29.9 Å². The molecule has 1 aliphatic rings. The van der Waals surface area contributed by atoms with Gasteiger partial charge < -0.3 is 0 Å². The summed E-state index contributed by atoms with van der Waals surface area (Å²) in [7, 11) is 0. The van der Waals surface area contributed by atoms with Crippen LogP contribution in [-0.2, 0) is 0 Å². The summed E-state index contributed by atoms with van der Waals surface area (Å²) in [4.78, 5) is 0. The van der Waals surface area contributed by atoms with E-state index in [0.717, 1.165) is 37.6 Å². The summed E-state index contributed by atoms with van der Waals surface area (Å²) in [5.41, 5.74) is 0. The Morgan fingerprint density at radius 1 is 0.750 bits per heavy atom. The van der Waals surface area contributed by atoms with Gasteiger partial charge >= 0.3 is 67.5 Å². The van der Waals surface area contributed by atoms with Crippen molar-refractivity contribution in [3.63, 3.8) is 0 Å². The summed E-state index contributed by atoms with van der Waals surface area (Å²) in [6, 6.07) is 0. The number of rotatable bonds is 0. The van der Waals surface area contributed by atoms with Crippen LogP contribution in [0.3, 0.4) is 0 Å². The molecule has 0 amide bonds. The van der Waals surface area contributed by atoms with Gasteiger partial charge in [0, 0.05) is 0 Å². The summed E-state index contributed by atoms with van der Waals surface area (Å²) in [5, 5.41) is 3.21. The molecule has 0 unspecified atom stereocenters. The summed E-state index contributed by atoms with van der Waals surface area (Å²) in [6.07, 6.45) is 4.65. The minimum absolute atomic E-state index is 1.12. The van der Waals surface area contributed by atoms with Gasteiger partial charge in [0.2, 0.25) is 0 Å². The van der Waals surface area contributed by atoms with E-state index in [9.17, 15) is 0 Å². The van der Waals surface area contributed by atoms with Gasteiger partial charge in [0.15, 0.2) is 0 Å². The molecule has 0 aliphatic carbocycles. The third-order valence-corrected chi connectivity index (χ3v) is 20.0. The van der Waals surface area contributed by atoms with Crippen molar-refractivity contribution in [3.8, 4) is 0 Å². The van der Waals surface area contributed by atoms with Gasteiger partial charge in [-0.3, -0.25) is 0 Å². The molecular weight excluding hydrogens is 297 g/mol. The Hall–Kier alpha value is 1.56. The Bertz CT molecular complexity index is 31.6. The van der Waals surface area contributed by atoms with E-state index in [4.69, 9.17) is 0 Å². The molecule has 0 bridgehead atoms. The quantitative estimate of drug-likeness (QED) is 0.585. The summed E-state index contributed by atoms with van der Waals surface area (Å²) in [6.45, 7) is 0. The van der Waals surface area contributed by atoms with Crippen molar-refractivity contribution >= 4 is 37.6 Å². The average molecular weight is 307 g/mol. The van der Waals surface area contributed by atoms with Crippen LogP contribution in [0, 0.1) is 0 Å². The third-order valence-electron chi connectivity index (χ3n) is 1.05.